The number of sulfonamides is 1. The molecule has 0 unspecified atom stereocenters. The highest BCUT2D eigenvalue weighted by Crippen LogP contribution is 2.43. The molecule has 2 heterocycles. The van der Waals surface area contributed by atoms with Gasteiger partial charge in [-0.15, -0.1) is 0 Å². The van der Waals surface area contributed by atoms with Crippen molar-refractivity contribution < 1.29 is 21.6 Å². The first-order valence-corrected chi connectivity index (χ1v) is 8.86. The molecule has 4 nitrogen and oxygen atoms in total. The van der Waals surface area contributed by atoms with Crippen molar-refractivity contribution in [2.24, 2.45) is 0 Å². The Morgan fingerprint density at radius 3 is 2.52 bits per heavy atom. The number of anilines is 1. The number of hydrogen-bond donors (Lipinski definition) is 1. The van der Waals surface area contributed by atoms with Gasteiger partial charge in [-0.3, -0.25) is 9.71 Å². The van der Waals surface area contributed by atoms with Crippen molar-refractivity contribution in [3.8, 4) is 11.1 Å². The molecule has 0 saturated heterocycles. The molecule has 0 spiro atoms. The van der Waals surface area contributed by atoms with Crippen LogP contribution in [0.3, 0.4) is 0 Å². The van der Waals surface area contributed by atoms with Crippen LogP contribution < -0.4 is 4.72 Å². The highest BCUT2D eigenvalue weighted by molar-refractivity contribution is 7.93. The fraction of sp³-hybridized carbons (Fsp3) is 0.0625. The molecule has 25 heavy (non-hydrogen) atoms. The molecule has 4 rings (SSSR count). The van der Waals surface area contributed by atoms with Crippen LogP contribution in [0.2, 0.25) is 5.02 Å². The van der Waals surface area contributed by atoms with Crippen molar-refractivity contribution in [2.75, 3.05) is 4.72 Å². The number of fused-ring (bicyclic) bond motifs is 5. The van der Waals surface area contributed by atoms with Gasteiger partial charge in [-0.2, -0.15) is 13.2 Å². The van der Waals surface area contributed by atoms with E-state index in [0.29, 0.717) is 22.3 Å². The van der Waals surface area contributed by atoms with E-state index < -0.39 is 21.8 Å². The zero-order chi connectivity index (χ0) is 18.0. The smallest absolute Gasteiger partial charge is 0.277 e. The van der Waals surface area contributed by atoms with E-state index in [0.717, 1.165) is 6.07 Å². The molecular weight excluding hydrogens is 377 g/mol. The summed E-state index contributed by atoms with van der Waals surface area (Å²) in [7, 11) is -3.87. The van der Waals surface area contributed by atoms with Gasteiger partial charge in [0.15, 0.2) is 0 Å². The molecule has 0 amide bonds. The second kappa shape index (κ2) is 5.09. The van der Waals surface area contributed by atoms with Gasteiger partial charge >= 0.3 is 6.18 Å². The summed E-state index contributed by atoms with van der Waals surface area (Å²) in [6, 6.07) is 8.30. The Hall–Kier alpha value is -2.32. The predicted molar refractivity (Wildman–Crippen MR) is 88.0 cm³/mol. The second-order valence-electron chi connectivity index (χ2n) is 5.53. The fourth-order valence-electron chi connectivity index (χ4n) is 2.82. The van der Waals surface area contributed by atoms with Gasteiger partial charge in [0.25, 0.3) is 10.0 Å². The number of pyridine rings is 1. The molecule has 0 saturated carbocycles. The monoisotopic (exact) mass is 384 g/mol. The summed E-state index contributed by atoms with van der Waals surface area (Å²) in [4.78, 5) is 3.89. The van der Waals surface area contributed by atoms with Gasteiger partial charge in [-0.05, 0) is 24.3 Å². The van der Waals surface area contributed by atoms with Crippen molar-refractivity contribution in [3.63, 3.8) is 0 Å². The first-order valence-electron chi connectivity index (χ1n) is 6.99. The van der Waals surface area contributed by atoms with E-state index in [1.165, 1.54) is 24.3 Å². The largest absolute Gasteiger partial charge is 0.417 e. The standard InChI is InChI=1S/C16H8ClF3N2O2S/c17-10-2-4-13-12(6-10)11-3-1-8-5-9(16(18,19)20)7-21-14(8)15(11)22-25(13,23)24/h1-7,22H. The van der Waals surface area contributed by atoms with E-state index in [4.69, 9.17) is 11.6 Å². The van der Waals surface area contributed by atoms with E-state index in [-0.39, 0.29) is 21.5 Å². The van der Waals surface area contributed by atoms with Crippen molar-refractivity contribution in [3.05, 3.63) is 53.2 Å². The Labute approximate surface area is 145 Å². The summed E-state index contributed by atoms with van der Waals surface area (Å²) >= 11 is 5.97. The van der Waals surface area contributed by atoms with Crippen LogP contribution in [0.1, 0.15) is 5.56 Å². The molecular formula is C16H8ClF3N2O2S. The Morgan fingerprint density at radius 2 is 1.80 bits per heavy atom. The summed E-state index contributed by atoms with van der Waals surface area (Å²) < 4.78 is 65.9. The average molecular weight is 385 g/mol. The highest BCUT2D eigenvalue weighted by Gasteiger charge is 2.33. The average Bonchev–Trinajstić information content (AvgIpc) is 2.52. The lowest BCUT2D eigenvalue weighted by Gasteiger charge is -2.23. The third-order valence-corrected chi connectivity index (χ3v) is 5.58. The minimum absolute atomic E-state index is 0.0515. The third-order valence-electron chi connectivity index (χ3n) is 3.94. The number of alkyl halides is 3. The lowest BCUT2D eigenvalue weighted by Crippen LogP contribution is -2.19. The fourth-order valence-corrected chi connectivity index (χ4v) is 4.28. The normalized spacial score (nSPS) is 15.4. The van der Waals surface area contributed by atoms with Crippen LogP contribution in [-0.4, -0.2) is 13.4 Å². The lowest BCUT2D eigenvalue weighted by molar-refractivity contribution is -0.137. The number of nitrogens with zero attached hydrogens (tertiary/aromatic N) is 1. The van der Waals surface area contributed by atoms with Crippen LogP contribution in [0.15, 0.2) is 47.5 Å². The van der Waals surface area contributed by atoms with E-state index in [9.17, 15) is 21.6 Å². The van der Waals surface area contributed by atoms with Crippen molar-refractivity contribution >= 4 is 38.2 Å². The number of benzene rings is 2. The van der Waals surface area contributed by atoms with Crippen LogP contribution in [0.5, 0.6) is 0 Å². The van der Waals surface area contributed by atoms with E-state index >= 15 is 0 Å². The maximum atomic E-state index is 12.9. The van der Waals surface area contributed by atoms with E-state index in [1.54, 1.807) is 6.07 Å². The second-order valence-corrected chi connectivity index (χ2v) is 7.61. The highest BCUT2D eigenvalue weighted by atomic mass is 35.5. The molecule has 1 aromatic heterocycles. The van der Waals surface area contributed by atoms with Gasteiger partial charge in [0, 0.05) is 27.7 Å². The topological polar surface area (TPSA) is 59.1 Å². The number of aromatic nitrogens is 1. The first kappa shape index (κ1) is 16.2. The van der Waals surface area contributed by atoms with Crippen LogP contribution in [-0.2, 0) is 16.2 Å². The lowest BCUT2D eigenvalue weighted by atomic mass is 10.0. The molecule has 0 fully saturated rings. The number of nitrogens with one attached hydrogen (secondary N) is 1. The Balaban J connectivity index is 2.04. The molecule has 1 N–H and O–H groups in total. The van der Waals surface area contributed by atoms with E-state index in [1.807, 2.05) is 0 Å². The molecule has 1 aliphatic heterocycles. The molecule has 0 bridgehead atoms. The van der Waals surface area contributed by atoms with Crippen molar-refractivity contribution in [2.45, 2.75) is 11.1 Å². The van der Waals surface area contributed by atoms with Crippen LogP contribution in [0.25, 0.3) is 22.0 Å². The zero-order valence-corrected chi connectivity index (χ0v) is 13.8. The van der Waals surface area contributed by atoms with Gasteiger partial charge < -0.3 is 0 Å². The van der Waals surface area contributed by atoms with Gasteiger partial charge in [-0.25, -0.2) is 8.42 Å². The van der Waals surface area contributed by atoms with Crippen LogP contribution >= 0.6 is 11.6 Å². The van der Waals surface area contributed by atoms with E-state index in [2.05, 4.69) is 9.71 Å². The Bertz CT molecular complexity index is 1140. The van der Waals surface area contributed by atoms with Gasteiger partial charge in [0.2, 0.25) is 0 Å². The van der Waals surface area contributed by atoms with Crippen molar-refractivity contribution in [1.82, 2.24) is 4.98 Å². The van der Waals surface area contributed by atoms with Gasteiger partial charge in [-0.1, -0.05) is 23.7 Å². The summed E-state index contributed by atoms with van der Waals surface area (Å²) in [5.74, 6) is 0. The molecule has 9 heteroatoms. The quantitative estimate of drug-likeness (QED) is 0.611. The Kier molecular flexibility index (Phi) is 3.29. The number of rotatable bonds is 0. The molecule has 2 aromatic carbocycles. The summed E-state index contributed by atoms with van der Waals surface area (Å²) in [5.41, 5.74) is 0.264. The van der Waals surface area contributed by atoms with Crippen LogP contribution in [0.4, 0.5) is 18.9 Å². The molecule has 1 aliphatic rings. The zero-order valence-electron chi connectivity index (χ0n) is 12.2. The SMILES string of the molecule is O=S1(=O)Nc2c(ccc3cc(C(F)(F)F)cnc23)-c2cc(Cl)ccc21. The third kappa shape index (κ3) is 2.52. The number of hydrogen-bond acceptors (Lipinski definition) is 3. The summed E-state index contributed by atoms with van der Waals surface area (Å²) in [5, 5.41) is 0.532. The maximum absolute atomic E-state index is 12.9. The molecule has 3 aromatic rings. The van der Waals surface area contributed by atoms with Gasteiger partial charge in [0.05, 0.1) is 21.7 Å². The molecule has 0 radical (unpaired) electrons. The first-order chi connectivity index (χ1) is 11.7. The summed E-state index contributed by atoms with van der Waals surface area (Å²) in [6.45, 7) is 0. The molecule has 0 aliphatic carbocycles. The maximum Gasteiger partial charge on any atom is 0.417 e. The summed E-state index contributed by atoms with van der Waals surface area (Å²) in [6.07, 6.45) is -3.85. The minimum atomic E-state index is -4.53. The minimum Gasteiger partial charge on any atom is -0.277 e. The van der Waals surface area contributed by atoms with Crippen LogP contribution in [0, 0.1) is 0 Å². The Morgan fingerprint density at radius 1 is 1.04 bits per heavy atom. The number of halogens is 4. The van der Waals surface area contributed by atoms with Crippen molar-refractivity contribution in [1.29, 1.82) is 0 Å². The predicted octanol–water partition coefficient (Wildman–Crippen LogP) is 4.69. The molecule has 0 atom stereocenters. The molecule has 128 valence electrons. The van der Waals surface area contributed by atoms with Gasteiger partial charge in [0.1, 0.15) is 0 Å².